The average Bonchev–Trinajstić information content (AvgIpc) is 2.64. The van der Waals surface area contributed by atoms with Crippen molar-refractivity contribution in [3.8, 4) is 0 Å². The molecule has 16 heavy (non-hydrogen) atoms. The Morgan fingerprint density at radius 1 is 1.44 bits per heavy atom. The van der Waals surface area contributed by atoms with Crippen LogP contribution in [-0.2, 0) is 13.6 Å². The highest BCUT2D eigenvalue weighted by Gasteiger charge is 2.22. The Bertz CT molecular complexity index is 315. The van der Waals surface area contributed by atoms with E-state index in [2.05, 4.69) is 30.8 Å². The van der Waals surface area contributed by atoms with Crippen molar-refractivity contribution >= 4 is 0 Å². The second kappa shape index (κ2) is 5.46. The molecule has 2 N–H and O–H groups in total. The Morgan fingerprint density at radius 2 is 2.06 bits per heavy atom. The normalized spacial score (nSPS) is 12.4. The van der Waals surface area contributed by atoms with E-state index in [4.69, 9.17) is 5.73 Å². The van der Waals surface area contributed by atoms with Gasteiger partial charge in [0.05, 0.1) is 6.54 Å². The van der Waals surface area contributed by atoms with Crippen LogP contribution in [0.1, 0.15) is 32.5 Å². The Morgan fingerprint density at radius 3 is 2.50 bits per heavy atom. The van der Waals surface area contributed by atoms with Crippen LogP contribution in [0.25, 0.3) is 0 Å². The van der Waals surface area contributed by atoms with Crippen LogP contribution in [0, 0.1) is 0 Å². The van der Waals surface area contributed by atoms with Crippen LogP contribution in [0.5, 0.6) is 0 Å². The van der Waals surface area contributed by atoms with Crippen LogP contribution >= 0.6 is 0 Å². The summed E-state index contributed by atoms with van der Waals surface area (Å²) in [4.78, 5) is 6.56. The molecule has 0 spiro atoms. The zero-order chi connectivity index (χ0) is 12.2. The molecule has 0 saturated heterocycles. The van der Waals surface area contributed by atoms with E-state index in [-0.39, 0.29) is 5.54 Å². The van der Waals surface area contributed by atoms with Crippen LogP contribution in [0.15, 0.2) is 12.4 Å². The van der Waals surface area contributed by atoms with Gasteiger partial charge in [-0.25, -0.2) is 4.98 Å². The van der Waals surface area contributed by atoms with E-state index in [0.717, 1.165) is 31.8 Å². The lowest BCUT2D eigenvalue weighted by Crippen LogP contribution is -2.48. The van der Waals surface area contributed by atoms with Gasteiger partial charge in [0.15, 0.2) is 0 Å². The minimum atomic E-state index is -0.0695. The third kappa shape index (κ3) is 3.32. The summed E-state index contributed by atoms with van der Waals surface area (Å²) in [7, 11) is 4.12. The first-order chi connectivity index (χ1) is 7.50. The van der Waals surface area contributed by atoms with Gasteiger partial charge in [-0.15, -0.1) is 0 Å². The number of hydrogen-bond donors (Lipinski definition) is 1. The highest BCUT2D eigenvalue weighted by Crippen LogP contribution is 2.13. The van der Waals surface area contributed by atoms with E-state index in [0.29, 0.717) is 0 Å². The van der Waals surface area contributed by atoms with Gasteiger partial charge in [0.25, 0.3) is 0 Å². The molecular weight excluding hydrogens is 200 g/mol. The van der Waals surface area contributed by atoms with Gasteiger partial charge in [-0.3, -0.25) is 4.90 Å². The smallest absolute Gasteiger partial charge is 0.122 e. The molecule has 0 aromatic carbocycles. The number of rotatable bonds is 6. The molecule has 1 aromatic heterocycles. The van der Waals surface area contributed by atoms with E-state index in [1.54, 1.807) is 0 Å². The lowest BCUT2D eigenvalue weighted by atomic mass is 9.94. The molecule has 0 radical (unpaired) electrons. The molecule has 92 valence electrons. The summed E-state index contributed by atoms with van der Waals surface area (Å²) in [5.74, 6) is 1.08. The minimum absolute atomic E-state index is 0.0695. The lowest BCUT2D eigenvalue weighted by Gasteiger charge is -2.31. The Balaban J connectivity index is 2.53. The molecule has 0 saturated carbocycles. The van der Waals surface area contributed by atoms with E-state index < -0.39 is 0 Å². The molecular formula is C12H24N4. The highest BCUT2D eigenvalue weighted by molar-refractivity contribution is 4.92. The molecule has 1 heterocycles. The summed E-state index contributed by atoms with van der Waals surface area (Å²) in [5.41, 5.74) is 6.23. The largest absolute Gasteiger partial charge is 0.337 e. The second-order valence-corrected chi connectivity index (χ2v) is 4.70. The molecule has 0 atom stereocenters. The Kier molecular flexibility index (Phi) is 4.50. The molecule has 1 aromatic rings. The van der Waals surface area contributed by atoms with Crippen LogP contribution in [-0.4, -0.2) is 33.6 Å². The number of imidazole rings is 1. The van der Waals surface area contributed by atoms with Crippen LogP contribution in [0.2, 0.25) is 0 Å². The van der Waals surface area contributed by atoms with Crippen molar-refractivity contribution < 1.29 is 0 Å². The predicted octanol–water partition coefficient (Wildman–Crippen LogP) is 1.37. The average molecular weight is 224 g/mol. The monoisotopic (exact) mass is 224 g/mol. The Hall–Kier alpha value is -0.870. The van der Waals surface area contributed by atoms with Crippen molar-refractivity contribution in [2.75, 3.05) is 13.6 Å². The summed E-state index contributed by atoms with van der Waals surface area (Å²) < 4.78 is 2.05. The van der Waals surface area contributed by atoms with Gasteiger partial charge in [-0.1, -0.05) is 13.8 Å². The molecule has 1 rings (SSSR count). The minimum Gasteiger partial charge on any atom is -0.337 e. The summed E-state index contributed by atoms with van der Waals surface area (Å²) >= 11 is 0. The molecule has 0 aliphatic heterocycles. The van der Waals surface area contributed by atoms with Gasteiger partial charge in [0, 0.05) is 31.5 Å². The maximum Gasteiger partial charge on any atom is 0.122 e. The zero-order valence-corrected chi connectivity index (χ0v) is 10.9. The molecule has 0 fully saturated rings. The summed E-state index contributed by atoms with van der Waals surface area (Å²) in [6.07, 6.45) is 5.82. The molecule has 4 heteroatoms. The van der Waals surface area contributed by atoms with Gasteiger partial charge < -0.3 is 10.3 Å². The third-order valence-electron chi connectivity index (χ3n) is 3.33. The third-order valence-corrected chi connectivity index (χ3v) is 3.33. The molecule has 4 nitrogen and oxygen atoms in total. The summed E-state index contributed by atoms with van der Waals surface area (Å²) in [5, 5.41) is 0. The number of nitrogens with zero attached hydrogens (tertiary/aromatic N) is 3. The SMILES string of the molecule is CCC(N)(CC)CN(C)Cc1nccn1C. The van der Waals surface area contributed by atoms with Gasteiger partial charge >= 0.3 is 0 Å². The zero-order valence-electron chi connectivity index (χ0n) is 10.9. The van der Waals surface area contributed by atoms with Gasteiger partial charge in [0.1, 0.15) is 5.82 Å². The van der Waals surface area contributed by atoms with Crippen molar-refractivity contribution in [3.63, 3.8) is 0 Å². The van der Waals surface area contributed by atoms with E-state index >= 15 is 0 Å². The van der Waals surface area contributed by atoms with Crippen molar-refractivity contribution in [1.29, 1.82) is 0 Å². The number of hydrogen-bond acceptors (Lipinski definition) is 3. The van der Waals surface area contributed by atoms with Crippen molar-refractivity contribution in [2.45, 2.75) is 38.8 Å². The fourth-order valence-corrected chi connectivity index (χ4v) is 1.86. The van der Waals surface area contributed by atoms with E-state index in [9.17, 15) is 0 Å². The Labute approximate surface area is 98.5 Å². The lowest BCUT2D eigenvalue weighted by molar-refractivity contribution is 0.222. The van der Waals surface area contributed by atoms with Crippen LogP contribution in [0.4, 0.5) is 0 Å². The standard InChI is InChI=1S/C12H24N4/c1-5-12(13,6-2)10-15(3)9-11-14-7-8-16(11)4/h7-8H,5-6,9-10,13H2,1-4H3. The van der Waals surface area contributed by atoms with E-state index in [1.165, 1.54) is 0 Å². The first kappa shape index (κ1) is 13.2. The van der Waals surface area contributed by atoms with Crippen molar-refractivity contribution in [1.82, 2.24) is 14.5 Å². The van der Waals surface area contributed by atoms with Gasteiger partial charge in [-0.2, -0.15) is 0 Å². The van der Waals surface area contributed by atoms with Gasteiger partial charge in [0.2, 0.25) is 0 Å². The number of likely N-dealkylation sites (N-methyl/N-ethyl adjacent to an activating group) is 1. The number of nitrogens with two attached hydrogens (primary N) is 1. The van der Waals surface area contributed by atoms with Crippen LogP contribution in [0.3, 0.4) is 0 Å². The van der Waals surface area contributed by atoms with Gasteiger partial charge in [-0.05, 0) is 19.9 Å². The fourth-order valence-electron chi connectivity index (χ4n) is 1.86. The van der Waals surface area contributed by atoms with E-state index in [1.807, 2.05) is 24.0 Å². The fraction of sp³-hybridized carbons (Fsp3) is 0.750. The second-order valence-electron chi connectivity index (χ2n) is 4.70. The molecule has 0 amide bonds. The maximum absolute atomic E-state index is 6.30. The van der Waals surface area contributed by atoms with Crippen molar-refractivity contribution in [3.05, 3.63) is 18.2 Å². The maximum atomic E-state index is 6.30. The molecule has 0 bridgehead atoms. The highest BCUT2D eigenvalue weighted by atomic mass is 15.2. The summed E-state index contributed by atoms with van der Waals surface area (Å²) in [6, 6.07) is 0. The number of aryl methyl sites for hydroxylation is 1. The first-order valence-corrected chi connectivity index (χ1v) is 5.94. The van der Waals surface area contributed by atoms with Crippen molar-refractivity contribution in [2.24, 2.45) is 12.8 Å². The van der Waals surface area contributed by atoms with Crippen LogP contribution < -0.4 is 5.73 Å². The first-order valence-electron chi connectivity index (χ1n) is 5.94. The quantitative estimate of drug-likeness (QED) is 0.794. The topological polar surface area (TPSA) is 47.1 Å². The molecule has 0 unspecified atom stereocenters. The molecule has 0 aliphatic carbocycles. The number of aromatic nitrogens is 2. The molecule has 0 aliphatic rings. The predicted molar refractivity (Wildman–Crippen MR) is 67.0 cm³/mol. The summed E-state index contributed by atoms with van der Waals surface area (Å²) in [6.45, 7) is 6.06.